The number of carbonyl (C=O) groups is 1. The van der Waals surface area contributed by atoms with Crippen molar-refractivity contribution in [2.75, 3.05) is 38.2 Å². The number of methoxy groups -OCH3 is 1. The average Bonchev–Trinajstić information content (AvgIpc) is 3.49. The Labute approximate surface area is 185 Å². The number of benzene rings is 1. The van der Waals surface area contributed by atoms with Crippen molar-refractivity contribution in [3.8, 4) is 5.75 Å². The van der Waals surface area contributed by atoms with Crippen molar-refractivity contribution in [2.24, 2.45) is 0 Å². The molecule has 0 saturated carbocycles. The number of piperazine rings is 1. The van der Waals surface area contributed by atoms with E-state index in [0.29, 0.717) is 0 Å². The third kappa shape index (κ3) is 4.53. The molecule has 1 N–H and O–H groups in total. The molecule has 1 fully saturated rings. The van der Waals surface area contributed by atoms with Gasteiger partial charge in [0, 0.05) is 37.1 Å². The van der Waals surface area contributed by atoms with Gasteiger partial charge in [-0.15, -0.1) is 22.7 Å². The number of para-hydroxylation sites is 2. The first kappa shape index (κ1) is 20.9. The number of rotatable bonds is 7. The van der Waals surface area contributed by atoms with Gasteiger partial charge in [-0.25, -0.2) is 0 Å². The van der Waals surface area contributed by atoms with Crippen LogP contribution in [0.1, 0.15) is 27.5 Å². The fourth-order valence-corrected chi connectivity index (χ4v) is 5.69. The first-order valence-electron chi connectivity index (χ1n) is 10.2. The molecule has 1 aliphatic rings. The van der Waals surface area contributed by atoms with E-state index in [0.717, 1.165) is 42.5 Å². The lowest BCUT2D eigenvalue weighted by Crippen LogP contribution is -2.52. The lowest BCUT2D eigenvalue weighted by molar-refractivity contribution is 0.0894. The van der Waals surface area contributed by atoms with E-state index in [-0.39, 0.29) is 18.0 Å². The molecular formula is C23H27N3O2S2. The highest BCUT2D eigenvalue weighted by Crippen LogP contribution is 2.32. The Morgan fingerprint density at radius 3 is 2.40 bits per heavy atom. The number of nitrogens with one attached hydrogen (secondary N) is 1. The monoisotopic (exact) mass is 441 g/mol. The fraction of sp³-hybridized carbons (Fsp3) is 0.348. The molecule has 30 heavy (non-hydrogen) atoms. The Bertz CT molecular complexity index is 935. The summed E-state index contributed by atoms with van der Waals surface area (Å²) in [6.45, 7) is 5.82. The van der Waals surface area contributed by atoms with Crippen LogP contribution in [0.3, 0.4) is 0 Å². The van der Waals surface area contributed by atoms with Gasteiger partial charge >= 0.3 is 0 Å². The van der Waals surface area contributed by atoms with Crippen molar-refractivity contribution < 1.29 is 9.53 Å². The molecule has 0 bridgehead atoms. The van der Waals surface area contributed by atoms with E-state index in [1.807, 2.05) is 29.6 Å². The summed E-state index contributed by atoms with van der Waals surface area (Å²) in [6.07, 6.45) is 0. The average molecular weight is 442 g/mol. The van der Waals surface area contributed by atoms with E-state index in [4.69, 9.17) is 4.74 Å². The molecule has 158 valence electrons. The molecule has 2 aromatic heterocycles. The smallest absolute Gasteiger partial charge is 0.261 e. The van der Waals surface area contributed by atoms with Crippen LogP contribution in [0.25, 0.3) is 0 Å². The summed E-state index contributed by atoms with van der Waals surface area (Å²) in [5.74, 6) is 0.920. The number of amides is 1. The van der Waals surface area contributed by atoms with Gasteiger partial charge in [0.15, 0.2) is 0 Å². The first-order chi connectivity index (χ1) is 14.7. The van der Waals surface area contributed by atoms with Gasteiger partial charge in [0.2, 0.25) is 0 Å². The second-order valence-corrected chi connectivity index (χ2v) is 9.32. The highest BCUT2D eigenvalue weighted by molar-refractivity contribution is 7.12. The molecule has 3 heterocycles. The molecule has 0 unspecified atom stereocenters. The van der Waals surface area contributed by atoms with Gasteiger partial charge < -0.3 is 15.0 Å². The lowest BCUT2D eigenvalue weighted by Gasteiger charge is -2.42. The molecule has 1 aromatic carbocycles. The number of hydrogen-bond acceptors (Lipinski definition) is 6. The molecule has 1 aliphatic heterocycles. The molecule has 4 rings (SSSR count). The number of hydrogen-bond donors (Lipinski definition) is 1. The van der Waals surface area contributed by atoms with E-state index in [1.54, 1.807) is 18.4 Å². The van der Waals surface area contributed by atoms with E-state index < -0.39 is 0 Å². The molecule has 5 nitrogen and oxygen atoms in total. The van der Waals surface area contributed by atoms with E-state index in [9.17, 15) is 4.79 Å². The second-order valence-electron chi connectivity index (χ2n) is 7.39. The largest absolute Gasteiger partial charge is 0.495 e. The van der Waals surface area contributed by atoms with Crippen molar-refractivity contribution in [3.05, 3.63) is 69.0 Å². The standard InChI is InChI=1S/C23H27N3O2S2/c1-17(24-23(27)21-10-6-16-30-21)22(20-9-5-15-29-20)26-13-11-25(12-14-26)18-7-3-4-8-19(18)28-2/h3-10,15-17,22H,11-14H2,1-2H3,(H,24,27)/t17-,22-/m0/s1. The normalized spacial score (nSPS) is 16.8. The van der Waals surface area contributed by atoms with Gasteiger partial charge in [0.1, 0.15) is 5.75 Å². The van der Waals surface area contributed by atoms with Gasteiger partial charge in [-0.3, -0.25) is 9.69 Å². The molecule has 1 amide bonds. The Morgan fingerprint density at radius 1 is 1.00 bits per heavy atom. The van der Waals surface area contributed by atoms with Gasteiger partial charge in [-0.2, -0.15) is 0 Å². The first-order valence-corrected chi connectivity index (χ1v) is 11.9. The predicted octanol–water partition coefficient (Wildman–Crippen LogP) is 4.50. The molecule has 0 spiro atoms. The zero-order valence-corrected chi connectivity index (χ0v) is 18.9. The fourth-order valence-electron chi connectivity index (χ4n) is 4.10. The van der Waals surface area contributed by atoms with Crippen molar-refractivity contribution in [1.29, 1.82) is 0 Å². The number of nitrogens with zero attached hydrogens (tertiary/aromatic N) is 2. The van der Waals surface area contributed by atoms with Crippen molar-refractivity contribution in [2.45, 2.75) is 19.0 Å². The quantitative estimate of drug-likeness (QED) is 0.586. The third-order valence-electron chi connectivity index (χ3n) is 5.55. The maximum absolute atomic E-state index is 12.6. The van der Waals surface area contributed by atoms with E-state index >= 15 is 0 Å². The van der Waals surface area contributed by atoms with Crippen molar-refractivity contribution in [1.82, 2.24) is 10.2 Å². The number of thiophene rings is 2. The predicted molar refractivity (Wildman–Crippen MR) is 125 cm³/mol. The summed E-state index contributed by atoms with van der Waals surface area (Å²) in [5.41, 5.74) is 1.14. The van der Waals surface area contributed by atoms with Gasteiger partial charge in [-0.05, 0) is 41.9 Å². The summed E-state index contributed by atoms with van der Waals surface area (Å²) in [4.78, 5) is 19.6. The van der Waals surface area contributed by atoms with E-state index in [2.05, 4.69) is 51.7 Å². The van der Waals surface area contributed by atoms with Crippen LogP contribution >= 0.6 is 22.7 Å². The summed E-state index contributed by atoms with van der Waals surface area (Å²) >= 11 is 3.23. The van der Waals surface area contributed by atoms with Crippen LogP contribution in [0.4, 0.5) is 5.69 Å². The Balaban J connectivity index is 1.47. The minimum Gasteiger partial charge on any atom is -0.495 e. The molecule has 0 radical (unpaired) electrons. The maximum Gasteiger partial charge on any atom is 0.261 e. The number of carbonyl (C=O) groups excluding carboxylic acids is 1. The Hall–Kier alpha value is -2.35. The van der Waals surface area contributed by atoms with Gasteiger partial charge in [0.05, 0.1) is 23.7 Å². The highest BCUT2D eigenvalue weighted by atomic mass is 32.1. The van der Waals surface area contributed by atoms with Gasteiger partial charge in [-0.1, -0.05) is 24.3 Å². The minimum atomic E-state index is 0.00622. The summed E-state index contributed by atoms with van der Waals surface area (Å²) in [6, 6.07) is 16.4. The molecule has 1 saturated heterocycles. The SMILES string of the molecule is COc1ccccc1N1CCN([C@H](c2cccs2)[C@H](C)NC(=O)c2cccs2)CC1. The lowest BCUT2D eigenvalue weighted by atomic mass is 10.0. The summed E-state index contributed by atoms with van der Waals surface area (Å²) in [7, 11) is 1.72. The van der Waals surface area contributed by atoms with Crippen LogP contribution in [-0.2, 0) is 0 Å². The summed E-state index contributed by atoms with van der Waals surface area (Å²) < 4.78 is 5.55. The van der Waals surface area contributed by atoms with Crippen LogP contribution in [0.15, 0.2) is 59.3 Å². The zero-order chi connectivity index (χ0) is 20.9. The molecular weight excluding hydrogens is 414 g/mol. The highest BCUT2D eigenvalue weighted by Gasteiger charge is 2.31. The van der Waals surface area contributed by atoms with Crippen LogP contribution < -0.4 is 15.0 Å². The third-order valence-corrected chi connectivity index (χ3v) is 7.36. The molecule has 7 heteroatoms. The second kappa shape index (κ2) is 9.64. The van der Waals surface area contributed by atoms with Crippen LogP contribution in [0.2, 0.25) is 0 Å². The van der Waals surface area contributed by atoms with Gasteiger partial charge in [0.25, 0.3) is 5.91 Å². The van der Waals surface area contributed by atoms with Crippen molar-refractivity contribution >= 4 is 34.3 Å². The molecule has 2 atom stereocenters. The van der Waals surface area contributed by atoms with Crippen LogP contribution in [0, 0.1) is 0 Å². The van der Waals surface area contributed by atoms with E-state index in [1.165, 1.54) is 16.2 Å². The Kier molecular flexibility index (Phi) is 6.72. The van der Waals surface area contributed by atoms with Crippen molar-refractivity contribution in [3.63, 3.8) is 0 Å². The zero-order valence-electron chi connectivity index (χ0n) is 17.3. The summed E-state index contributed by atoms with van der Waals surface area (Å²) in [5, 5.41) is 7.28. The number of anilines is 1. The Morgan fingerprint density at radius 2 is 1.73 bits per heavy atom. The van der Waals surface area contributed by atoms with Crippen LogP contribution in [-0.4, -0.2) is 50.1 Å². The molecule has 0 aliphatic carbocycles. The van der Waals surface area contributed by atoms with Crippen LogP contribution in [0.5, 0.6) is 5.75 Å². The number of ether oxygens (including phenoxy) is 1. The minimum absolute atomic E-state index is 0.00622. The topological polar surface area (TPSA) is 44.8 Å². The molecule has 3 aromatic rings. The maximum atomic E-state index is 12.6.